The molecule has 0 fully saturated rings. The summed E-state index contributed by atoms with van der Waals surface area (Å²) in [5, 5.41) is 8.28. The van der Waals surface area contributed by atoms with Crippen molar-refractivity contribution in [3.8, 4) is 0 Å². The Bertz CT molecular complexity index is 752. The molecule has 0 amide bonds. The van der Waals surface area contributed by atoms with Crippen LogP contribution in [0.4, 0.5) is 0 Å². The molecule has 0 aliphatic rings. The summed E-state index contributed by atoms with van der Waals surface area (Å²) in [6.45, 7) is 3.59. The lowest BCUT2D eigenvalue weighted by Gasteiger charge is -2.09. The molecule has 0 saturated heterocycles. The van der Waals surface area contributed by atoms with Crippen molar-refractivity contribution in [3.63, 3.8) is 0 Å². The van der Waals surface area contributed by atoms with Crippen LogP contribution in [-0.2, 0) is 37.8 Å². The SMILES string of the molecule is CP(=O)(O)CCC(N)C(=O)O.CP(=O)(O)CCC(N)C(=O)ON.CP(=O)(O)CCC(N)C(=O)ON. The molecule has 210 valence electrons. The molecule has 14 N–H and O–H groups in total. The molecule has 0 radical (unpaired) electrons. The van der Waals surface area contributed by atoms with E-state index in [1.165, 1.54) is 20.0 Å². The predicted molar refractivity (Wildman–Crippen MR) is 128 cm³/mol. The van der Waals surface area contributed by atoms with Gasteiger partial charge in [0, 0.05) is 38.5 Å². The molecule has 0 spiro atoms. The van der Waals surface area contributed by atoms with Crippen LogP contribution in [0.5, 0.6) is 0 Å². The van der Waals surface area contributed by atoms with Crippen LogP contribution in [-0.4, -0.2) is 94.3 Å². The molecule has 0 aromatic carbocycles. The third-order valence-corrected chi connectivity index (χ3v) is 6.98. The second-order valence-corrected chi connectivity index (χ2v) is 15.4. The van der Waals surface area contributed by atoms with Gasteiger partial charge in [-0.2, -0.15) is 11.8 Å². The van der Waals surface area contributed by atoms with Crippen LogP contribution in [0.2, 0.25) is 0 Å². The van der Waals surface area contributed by atoms with Gasteiger partial charge in [0.1, 0.15) is 18.1 Å². The highest BCUT2D eigenvalue weighted by atomic mass is 31.2. The van der Waals surface area contributed by atoms with E-state index in [-0.39, 0.29) is 37.7 Å². The Kier molecular flexibility index (Phi) is 19.8. The van der Waals surface area contributed by atoms with Crippen LogP contribution in [0.3, 0.4) is 0 Å². The Morgan fingerprint density at radius 2 is 0.886 bits per heavy atom. The summed E-state index contributed by atoms with van der Waals surface area (Å²) in [4.78, 5) is 65.4. The first-order chi connectivity index (χ1) is 15.6. The van der Waals surface area contributed by atoms with E-state index in [2.05, 4.69) is 21.5 Å². The highest BCUT2D eigenvalue weighted by Crippen LogP contribution is 2.36. The lowest BCUT2D eigenvalue weighted by molar-refractivity contribution is -0.146. The second kappa shape index (κ2) is 18.1. The molecule has 0 rings (SSSR count). The summed E-state index contributed by atoms with van der Waals surface area (Å²) in [5.74, 6) is 6.41. The monoisotopic (exact) mass is 573 g/mol. The van der Waals surface area contributed by atoms with Gasteiger partial charge in [0.05, 0.1) is 0 Å². The standard InChI is InChI=1S/2C5H13N2O4P.C5H12NO4P/c2*1-12(9,10)3-2-4(6)5(8)11-7;1-11(9,10)3-2-4(6)5(7)8/h2*4H,2-3,6-7H2,1H3,(H,9,10);4H,2-3,6H2,1H3,(H,7,8)(H,9,10). The zero-order valence-corrected chi connectivity index (χ0v) is 22.4. The van der Waals surface area contributed by atoms with Gasteiger partial charge in [0.2, 0.25) is 0 Å². The molecule has 17 nitrogen and oxygen atoms in total. The number of carboxylic acid groups (broad SMARTS) is 1. The van der Waals surface area contributed by atoms with E-state index in [0.29, 0.717) is 0 Å². The molecule has 0 bridgehead atoms. The zero-order chi connectivity index (χ0) is 28.6. The minimum atomic E-state index is -3.10. The van der Waals surface area contributed by atoms with Crippen LogP contribution in [0.1, 0.15) is 19.3 Å². The van der Waals surface area contributed by atoms with E-state index in [9.17, 15) is 28.1 Å². The highest BCUT2D eigenvalue weighted by Gasteiger charge is 2.20. The van der Waals surface area contributed by atoms with Gasteiger partial charge < -0.3 is 46.7 Å². The molecule has 0 saturated carbocycles. The van der Waals surface area contributed by atoms with Crippen molar-refractivity contribution < 1.29 is 57.5 Å². The molecular weight excluding hydrogens is 535 g/mol. The van der Waals surface area contributed by atoms with Gasteiger partial charge in [0.25, 0.3) is 0 Å². The topological polar surface area (TPSA) is 332 Å². The van der Waals surface area contributed by atoms with Gasteiger partial charge in [-0.05, 0) is 19.3 Å². The van der Waals surface area contributed by atoms with Crippen molar-refractivity contribution in [2.24, 2.45) is 29.0 Å². The van der Waals surface area contributed by atoms with Gasteiger partial charge in [-0.1, -0.05) is 0 Å². The molecule has 0 heterocycles. The normalized spacial score (nSPS) is 18.3. The van der Waals surface area contributed by atoms with Crippen LogP contribution in [0.15, 0.2) is 0 Å². The number of rotatable bonds is 12. The van der Waals surface area contributed by atoms with Crippen molar-refractivity contribution in [2.45, 2.75) is 37.4 Å². The number of hydrogen-bond donors (Lipinski definition) is 9. The van der Waals surface area contributed by atoms with Crippen LogP contribution < -0.4 is 29.0 Å². The number of carboxylic acids is 1. The van der Waals surface area contributed by atoms with Gasteiger partial charge >= 0.3 is 17.9 Å². The Morgan fingerprint density at radius 1 is 0.657 bits per heavy atom. The summed E-state index contributed by atoms with van der Waals surface area (Å²) < 4.78 is 32.1. The van der Waals surface area contributed by atoms with Crippen molar-refractivity contribution in [2.75, 3.05) is 38.5 Å². The summed E-state index contributed by atoms with van der Waals surface area (Å²) in [7, 11) is -9.30. The fraction of sp³-hybridized carbons (Fsp3) is 0.800. The van der Waals surface area contributed by atoms with E-state index in [0.717, 1.165) is 0 Å². The first-order valence-corrected chi connectivity index (χ1v) is 16.6. The summed E-state index contributed by atoms with van der Waals surface area (Å²) >= 11 is 0. The molecule has 0 aliphatic heterocycles. The molecule has 0 aliphatic carbocycles. The maximum atomic E-state index is 10.7. The van der Waals surface area contributed by atoms with E-state index in [1.54, 1.807) is 0 Å². The highest BCUT2D eigenvalue weighted by molar-refractivity contribution is 7.57. The zero-order valence-electron chi connectivity index (χ0n) is 19.8. The largest absolute Gasteiger partial charge is 0.480 e. The number of aliphatic carboxylic acids is 1. The molecule has 0 aromatic rings. The van der Waals surface area contributed by atoms with Crippen molar-refractivity contribution in [3.05, 3.63) is 0 Å². The second-order valence-electron chi connectivity index (χ2n) is 7.72. The van der Waals surface area contributed by atoms with Crippen LogP contribution in [0, 0.1) is 0 Å². The van der Waals surface area contributed by atoms with Crippen molar-refractivity contribution >= 4 is 40.0 Å². The minimum absolute atomic E-state index is 0.0106. The first kappa shape index (κ1) is 38.3. The average Bonchev–Trinajstić information content (AvgIpc) is 2.71. The third kappa shape index (κ3) is 28.9. The Morgan fingerprint density at radius 3 is 1.06 bits per heavy atom. The van der Waals surface area contributed by atoms with Crippen LogP contribution >= 0.6 is 22.1 Å². The van der Waals surface area contributed by atoms with E-state index < -0.39 is 58.1 Å². The van der Waals surface area contributed by atoms with E-state index in [1.807, 2.05) is 0 Å². The third-order valence-electron chi connectivity index (χ3n) is 3.72. The van der Waals surface area contributed by atoms with Crippen molar-refractivity contribution in [1.82, 2.24) is 0 Å². The Labute approximate surface area is 202 Å². The van der Waals surface area contributed by atoms with Gasteiger partial charge in [-0.25, -0.2) is 9.59 Å². The molecule has 6 atom stereocenters. The summed E-state index contributed by atoms with van der Waals surface area (Å²) in [6.07, 6.45) is 0.174. The first-order valence-electron chi connectivity index (χ1n) is 9.74. The summed E-state index contributed by atoms with van der Waals surface area (Å²) in [5.41, 5.74) is 15.6. The molecule has 20 heteroatoms. The van der Waals surface area contributed by atoms with Crippen LogP contribution in [0.25, 0.3) is 0 Å². The molecule has 6 unspecified atom stereocenters. The lowest BCUT2D eigenvalue weighted by Crippen LogP contribution is -2.34. The number of carbonyl (C=O) groups excluding carboxylic acids is 2. The average molecular weight is 573 g/mol. The molecular formula is C15H38N5O12P3. The number of hydrogen-bond acceptors (Lipinski definition) is 13. The quantitative estimate of drug-likeness (QED) is 0.0877. The van der Waals surface area contributed by atoms with Gasteiger partial charge in [-0.15, -0.1) is 0 Å². The lowest BCUT2D eigenvalue weighted by atomic mass is 10.2. The smallest absolute Gasteiger partial charge is 0.341 e. The van der Waals surface area contributed by atoms with Crippen molar-refractivity contribution in [1.29, 1.82) is 0 Å². The minimum Gasteiger partial charge on any atom is -0.480 e. The van der Waals surface area contributed by atoms with Gasteiger partial charge in [0.15, 0.2) is 22.1 Å². The fourth-order valence-corrected chi connectivity index (χ4v) is 3.94. The number of nitrogens with two attached hydrogens (primary N) is 5. The van der Waals surface area contributed by atoms with Gasteiger partial charge in [-0.3, -0.25) is 18.5 Å². The molecule has 35 heavy (non-hydrogen) atoms. The van der Waals surface area contributed by atoms with E-state index in [4.69, 9.17) is 37.0 Å². The molecule has 0 aromatic heterocycles. The maximum Gasteiger partial charge on any atom is 0.341 e. The predicted octanol–water partition coefficient (Wildman–Crippen LogP) is -2.27. The van der Waals surface area contributed by atoms with E-state index >= 15 is 0 Å². The number of carbonyl (C=O) groups is 3. The fourth-order valence-electron chi connectivity index (χ4n) is 1.67. The summed E-state index contributed by atoms with van der Waals surface area (Å²) in [6, 6.07) is -2.87. The Balaban J connectivity index is -0.000000439. The maximum absolute atomic E-state index is 10.7. The Hall–Kier alpha value is -1.22.